The van der Waals surface area contributed by atoms with Gasteiger partial charge < -0.3 is 14.0 Å². The summed E-state index contributed by atoms with van der Waals surface area (Å²) in [5.41, 5.74) is 1.52. The van der Waals surface area contributed by atoms with Gasteiger partial charge >= 0.3 is 6.09 Å². The van der Waals surface area contributed by atoms with Crippen molar-refractivity contribution in [3.8, 4) is 5.75 Å². The maximum absolute atomic E-state index is 14.1. The number of ether oxygens (including phenoxy) is 2. The summed E-state index contributed by atoms with van der Waals surface area (Å²) in [7, 11) is 3.18. The van der Waals surface area contributed by atoms with E-state index < -0.39 is 11.7 Å². The van der Waals surface area contributed by atoms with Gasteiger partial charge in [0.2, 0.25) is 0 Å². The molecule has 42 heavy (non-hydrogen) atoms. The Balaban J connectivity index is 1.78. The van der Waals surface area contributed by atoms with Crippen LogP contribution in [0.2, 0.25) is 0 Å². The fraction of sp³-hybridized carbons (Fsp3) is 0.206. The van der Waals surface area contributed by atoms with Crippen molar-refractivity contribution in [2.75, 3.05) is 7.11 Å². The molecule has 0 amide bonds. The molecule has 3 aromatic carbocycles. The van der Waals surface area contributed by atoms with E-state index >= 15 is 0 Å². The van der Waals surface area contributed by atoms with E-state index in [2.05, 4.69) is 0 Å². The zero-order valence-corrected chi connectivity index (χ0v) is 24.3. The Kier molecular flexibility index (Phi) is 7.72. The molecule has 0 spiro atoms. The van der Waals surface area contributed by atoms with Gasteiger partial charge in [0.05, 0.1) is 19.2 Å². The highest BCUT2D eigenvalue weighted by atomic mass is 16.6. The van der Waals surface area contributed by atoms with Gasteiger partial charge in [-0.1, -0.05) is 60.7 Å². The summed E-state index contributed by atoms with van der Waals surface area (Å²) in [6, 6.07) is 24.2. The molecule has 0 atom stereocenters. The SMILES string of the molecule is COc1ccc(/C=c2/c(=O)n(Cc3ccccc3)/c(=C\c3cn(C(=O)OC(C)(C)C)c4ccccc34)c(=O)n2C)cc1. The number of carbonyl (C=O) groups is 1. The number of nitrogens with zero attached hydrogens (tertiary/aromatic N) is 3. The summed E-state index contributed by atoms with van der Waals surface area (Å²) in [5.74, 6) is 0.693. The van der Waals surface area contributed by atoms with Crippen LogP contribution >= 0.6 is 0 Å². The molecular formula is C34H33N3O5. The quantitative estimate of drug-likeness (QED) is 0.323. The first-order chi connectivity index (χ1) is 20.1. The monoisotopic (exact) mass is 563 g/mol. The van der Waals surface area contributed by atoms with Gasteiger partial charge in [-0.2, -0.15) is 0 Å². The lowest BCUT2D eigenvalue weighted by Gasteiger charge is -2.19. The van der Waals surface area contributed by atoms with Crippen molar-refractivity contribution in [3.63, 3.8) is 0 Å². The van der Waals surface area contributed by atoms with Gasteiger partial charge in [-0.3, -0.25) is 18.7 Å². The van der Waals surface area contributed by atoms with E-state index in [4.69, 9.17) is 9.47 Å². The first-order valence-electron chi connectivity index (χ1n) is 13.6. The van der Waals surface area contributed by atoms with E-state index in [9.17, 15) is 14.4 Å². The molecule has 5 rings (SSSR count). The van der Waals surface area contributed by atoms with Gasteiger partial charge in [0, 0.05) is 24.2 Å². The summed E-state index contributed by atoms with van der Waals surface area (Å²) in [6.07, 6.45) is 4.49. The Morgan fingerprint density at radius 3 is 2.17 bits per heavy atom. The van der Waals surface area contributed by atoms with Crippen LogP contribution in [0.1, 0.15) is 37.5 Å². The maximum Gasteiger partial charge on any atom is 0.419 e. The Hall–Kier alpha value is -5.11. The van der Waals surface area contributed by atoms with Crippen molar-refractivity contribution in [2.45, 2.75) is 32.9 Å². The summed E-state index contributed by atoms with van der Waals surface area (Å²) < 4.78 is 15.2. The number of rotatable bonds is 5. The molecular weight excluding hydrogens is 530 g/mol. The van der Waals surface area contributed by atoms with Crippen molar-refractivity contribution in [3.05, 3.63) is 133 Å². The maximum atomic E-state index is 14.1. The van der Waals surface area contributed by atoms with Gasteiger partial charge in [0.1, 0.15) is 22.0 Å². The van der Waals surface area contributed by atoms with Gasteiger partial charge in [-0.15, -0.1) is 0 Å². The third-order valence-electron chi connectivity index (χ3n) is 6.87. The smallest absolute Gasteiger partial charge is 0.419 e. The van der Waals surface area contributed by atoms with Crippen molar-refractivity contribution < 1.29 is 14.3 Å². The molecule has 0 unspecified atom stereocenters. The van der Waals surface area contributed by atoms with Gasteiger partial charge in [-0.25, -0.2) is 4.79 Å². The number of para-hydroxylation sites is 1. The number of carbonyl (C=O) groups excluding carboxylic acids is 1. The van der Waals surface area contributed by atoms with Crippen LogP contribution in [0.25, 0.3) is 23.1 Å². The van der Waals surface area contributed by atoms with E-state index in [-0.39, 0.29) is 28.4 Å². The molecule has 2 heterocycles. The second-order valence-electron chi connectivity index (χ2n) is 11.0. The molecule has 0 radical (unpaired) electrons. The number of hydrogen-bond donors (Lipinski definition) is 0. The normalized spacial score (nSPS) is 12.6. The molecule has 0 saturated carbocycles. The zero-order valence-electron chi connectivity index (χ0n) is 24.3. The molecule has 5 aromatic rings. The lowest BCUT2D eigenvalue weighted by atomic mass is 10.1. The van der Waals surface area contributed by atoms with E-state index in [1.807, 2.05) is 66.7 Å². The van der Waals surface area contributed by atoms with Crippen LogP contribution in [0.4, 0.5) is 4.79 Å². The van der Waals surface area contributed by atoms with Gasteiger partial charge in [0.25, 0.3) is 11.1 Å². The standard InChI is InChI=1S/C34H33N3O5/c1-34(2,3)42-33(40)37-22-25(27-13-9-10-14-28(27)37)20-30-31(38)35(4)29(19-23-15-17-26(41-5)18-16-23)32(39)36(30)21-24-11-7-6-8-12-24/h6-20,22H,21H2,1-5H3/b29-19-,30-20-. The highest BCUT2D eigenvalue weighted by Crippen LogP contribution is 2.23. The Morgan fingerprint density at radius 1 is 0.833 bits per heavy atom. The predicted octanol–water partition coefficient (Wildman–Crippen LogP) is 4.00. The molecule has 214 valence electrons. The minimum Gasteiger partial charge on any atom is -0.497 e. The molecule has 0 fully saturated rings. The van der Waals surface area contributed by atoms with Crippen molar-refractivity contribution in [1.82, 2.24) is 13.7 Å². The Morgan fingerprint density at radius 2 is 1.50 bits per heavy atom. The van der Waals surface area contributed by atoms with Crippen LogP contribution in [0.5, 0.6) is 5.75 Å². The highest BCUT2D eigenvalue weighted by molar-refractivity contribution is 5.95. The second-order valence-corrected chi connectivity index (χ2v) is 11.0. The minimum absolute atomic E-state index is 0.190. The van der Waals surface area contributed by atoms with Crippen LogP contribution in [0.15, 0.2) is 94.6 Å². The fourth-order valence-corrected chi connectivity index (χ4v) is 4.80. The topological polar surface area (TPSA) is 84.5 Å². The van der Waals surface area contributed by atoms with Crippen LogP contribution in [-0.2, 0) is 18.3 Å². The first kappa shape index (κ1) is 28.4. The lowest BCUT2D eigenvalue weighted by molar-refractivity contribution is 0.0544. The van der Waals surface area contributed by atoms with E-state index in [0.29, 0.717) is 16.8 Å². The Bertz CT molecular complexity index is 2010. The first-order valence-corrected chi connectivity index (χ1v) is 13.6. The van der Waals surface area contributed by atoms with Crippen LogP contribution < -0.4 is 26.6 Å². The second kappa shape index (κ2) is 11.4. The molecule has 0 N–H and O–H groups in total. The van der Waals surface area contributed by atoms with E-state index in [1.54, 1.807) is 65.4 Å². The van der Waals surface area contributed by atoms with E-state index in [0.717, 1.165) is 16.5 Å². The van der Waals surface area contributed by atoms with E-state index in [1.165, 1.54) is 13.7 Å². The largest absolute Gasteiger partial charge is 0.497 e. The number of fused-ring (bicyclic) bond motifs is 1. The molecule has 0 saturated heterocycles. The van der Waals surface area contributed by atoms with Gasteiger partial charge in [0.15, 0.2) is 0 Å². The number of methoxy groups -OCH3 is 1. The lowest BCUT2D eigenvalue weighted by Crippen LogP contribution is -2.57. The van der Waals surface area contributed by atoms with Gasteiger partial charge in [-0.05, 0) is 62.2 Å². The number of aromatic nitrogens is 3. The number of hydrogen-bond acceptors (Lipinski definition) is 5. The van der Waals surface area contributed by atoms with Crippen LogP contribution in [0.3, 0.4) is 0 Å². The third-order valence-corrected chi connectivity index (χ3v) is 6.87. The average Bonchev–Trinajstić information content (AvgIpc) is 3.34. The highest BCUT2D eigenvalue weighted by Gasteiger charge is 2.20. The molecule has 8 heteroatoms. The third kappa shape index (κ3) is 5.83. The average molecular weight is 564 g/mol. The molecule has 0 aliphatic heterocycles. The van der Waals surface area contributed by atoms with Crippen molar-refractivity contribution >= 4 is 29.1 Å². The molecule has 0 aliphatic rings. The van der Waals surface area contributed by atoms with Crippen molar-refractivity contribution in [2.24, 2.45) is 7.05 Å². The zero-order chi connectivity index (χ0) is 30.0. The summed E-state index contributed by atoms with van der Waals surface area (Å²) in [6.45, 7) is 5.61. The molecule has 8 nitrogen and oxygen atoms in total. The predicted molar refractivity (Wildman–Crippen MR) is 164 cm³/mol. The summed E-state index contributed by atoms with van der Waals surface area (Å²) in [5, 5.41) is 1.19. The number of benzene rings is 3. The summed E-state index contributed by atoms with van der Waals surface area (Å²) >= 11 is 0. The van der Waals surface area contributed by atoms with Crippen LogP contribution in [0, 0.1) is 0 Å². The van der Waals surface area contributed by atoms with Crippen LogP contribution in [-0.4, -0.2) is 32.5 Å². The molecule has 0 aliphatic carbocycles. The molecule has 2 aromatic heterocycles. The Labute approximate surface area is 243 Å². The van der Waals surface area contributed by atoms with Crippen molar-refractivity contribution in [1.29, 1.82) is 0 Å². The fourth-order valence-electron chi connectivity index (χ4n) is 4.80. The summed E-state index contributed by atoms with van der Waals surface area (Å²) in [4.78, 5) is 41.1. The minimum atomic E-state index is -0.686. The molecule has 0 bridgehead atoms.